The van der Waals surface area contributed by atoms with E-state index in [2.05, 4.69) is 74.6 Å². The number of phosphoric acid groups is 1. The lowest BCUT2D eigenvalue weighted by Gasteiger charge is -2.42. The van der Waals surface area contributed by atoms with Gasteiger partial charge in [0.25, 0.3) is 0 Å². The lowest BCUT2D eigenvalue weighted by molar-refractivity contribution is -0.248. The molecule has 0 aromatic carbocycles. The second-order valence-corrected chi connectivity index (χ2v) is 22.9. The van der Waals surface area contributed by atoms with Crippen LogP contribution in [-0.2, 0) is 32.6 Å². The zero-order valence-corrected chi connectivity index (χ0v) is 43.7. The van der Waals surface area contributed by atoms with Gasteiger partial charge in [0.2, 0.25) is 5.91 Å². The van der Waals surface area contributed by atoms with Crippen LogP contribution in [0.4, 0.5) is 0 Å². The predicted octanol–water partition coefficient (Wildman–Crippen LogP) is 11.4. The van der Waals surface area contributed by atoms with Crippen molar-refractivity contribution in [2.24, 2.45) is 47.3 Å². The van der Waals surface area contributed by atoms with Gasteiger partial charge in [0.05, 0.1) is 19.8 Å². The van der Waals surface area contributed by atoms with Gasteiger partial charge in [0.15, 0.2) is 6.29 Å². The predicted molar refractivity (Wildman–Crippen MR) is 260 cm³/mol. The number of carbonyl (C=O) groups is 1. The summed E-state index contributed by atoms with van der Waals surface area (Å²) < 4.78 is 41.7. The van der Waals surface area contributed by atoms with Gasteiger partial charge < -0.3 is 39.7 Å². The Hall–Kier alpha value is -0.660. The number of ether oxygens (including phenoxy) is 3. The molecule has 1 rings (SSSR count). The lowest BCUT2D eigenvalue weighted by Crippen LogP contribution is -2.64. The first-order valence-corrected chi connectivity index (χ1v) is 27.5. The molecule has 0 spiro atoms. The van der Waals surface area contributed by atoms with Gasteiger partial charge in [-0.15, -0.1) is 0 Å². The molecule has 0 bridgehead atoms. The van der Waals surface area contributed by atoms with Crippen molar-refractivity contribution < 1.29 is 52.8 Å². The number of hydrogen-bond donors (Lipinski definition) is 5. The molecule has 1 amide bonds. The molecule has 13 heteroatoms. The Labute approximate surface area is 392 Å². The fourth-order valence-corrected chi connectivity index (χ4v) is 9.71. The highest BCUT2D eigenvalue weighted by Gasteiger charge is 2.48. The van der Waals surface area contributed by atoms with Crippen LogP contribution in [0.3, 0.4) is 0 Å². The van der Waals surface area contributed by atoms with E-state index in [9.17, 15) is 29.6 Å². The molecule has 12 nitrogen and oxygen atoms in total. The second-order valence-electron chi connectivity index (χ2n) is 21.5. The molecular weight excluding hydrogens is 834 g/mol. The molecule has 0 radical (unpaired) electrons. The maximum Gasteiger partial charge on any atom is 0.474 e. The van der Waals surface area contributed by atoms with Crippen molar-refractivity contribution >= 4 is 13.7 Å². The standard InChI is InChI=1S/C51H102NO11P/c1-37(2)18-12-20-39(5)22-14-24-41(7)26-16-28-43(9)30-32-59-35-46(36-61-64(57,58)63-51-48(52-45(11)54)50(56)49(55)47(34-53)62-51)60-33-31-44(10)29-17-27-42(8)25-15-23-40(6)21-13-19-38(3)4/h37-44,46-51,53,55-56H,12-36H2,1-11H3,(H,52,54)(H,57,58)/t39?,40?,41?,42?,43?,44?,46?,47-,48-,49-,50-,51+/m1/s1. The normalized spacial score (nSPS) is 23.7. The molecule has 1 heterocycles. The van der Waals surface area contributed by atoms with E-state index in [1.165, 1.54) is 110 Å². The Morgan fingerprint density at radius 2 is 0.984 bits per heavy atom. The molecule has 64 heavy (non-hydrogen) atoms. The molecule has 13 atom stereocenters. The van der Waals surface area contributed by atoms with Crippen molar-refractivity contribution in [1.82, 2.24) is 5.32 Å². The van der Waals surface area contributed by atoms with Gasteiger partial charge in [-0.3, -0.25) is 13.8 Å². The molecule has 1 aliphatic heterocycles. The van der Waals surface area contributed by atoms with Gasteiger partial charge in [-0.25, -0.2) is 4.57 Å². The maximum atomic E-state index is 13.2. The van der Waals surface area contributed by atoms with E-state index in [0.717, 1.165) is 61.2 Å². The maximum absolute atomic E-state index is 13.2. The third-order valence-corrected chi connectivity index (χ3v) is 14.4. The smallest absolute Gasteiger partial charge is 0.394 e. The molecule has 0 aliphatic carbocycles. The summed E-state index contributed by atoms with van der Waals surface area (Å²) in [6, 6.07) is -1.39. The van der Waals surface area contributed by atoms with Crippen molar-refractivity contribution in [3.8, 4) is 0 Å². The zero-order chi connectivity index (χ0) is 48.1. The van der Waals surface area contributed by atoms with E-state index in [0.29, 0.717) is 25.0 Å². The summed E-state index contributed by atoms with van der Waals surface area (Å²) in [6.07, 6.45) is 17.9. The van der Waals surface area contributed by atoms with Crippen molar-refractivity contribution in [1.29, 1.82) is 0 Å². The van der Waals surface area contributed by atoms with Crippen LogP contribution in [0, 0.1) is 47.3 Å². The summed E-state index contributed by atoms with van der Waals surface area (Å²) in [5.74, 6) is 5.05. The highest BCUT2D eigenvalue weighted by Crippen LogP contribution is 2.46. The van der Waals surface area contributed by atoms with Crippen LogP contribution >= 0.6 is 7.82 Å². The summed E-state index contributed by atoms with van der Waals surface area (Å²) in [7, 11) is -4.86. The number of hydrogen-bond acceptors (Lipinski definition) is 10. The Morgan fingerprint density at radius 1 is 0.594 bits per heavy atom. The molecule has 1 aliphatic rings. The first-order chi connectivity index (χ1) is 30.2. The Morgan fingerprint density at radius 3 is 1.38 bits per heavy atom. The average molecular weight is 936 g/mol. The van der Waals surface area contributed by atoms with Crippen LogP contribution in [0.2, 0.25) is 0 Å². The van der Waals surface area contributed by atoms with Crippen LogP contribution in [0.25, 0.3) is 0 Å². The fraction of sp³-hybridized carbons (Fsp3) is 0.980. The van der Waals surface area contributed by atoms with Crippen LogP contribution in [0.15, 0.2) is 0 Å². The molecular formula is C51H102NO11P. The van der Waals surface area contributed by atoms with E-state index in [1.54, 1.807) is 0 Å². The van der Waals surface area contributed by atoms with Crippen molar-refractivity contribution in [3.05, 3.63) is 0 Å². The highest BCUT2D eigenvalue weighted by molar-refractivity contribution is 7.47. The minimum absolute atomic E-state index is 0.161. The largest absolute Gasteiger partial charge is 0.474 e. The monoisotopic (exact) mass is 936 g/mol. The molecule has 8 unspecified atom stereocenters. The number of phosphoric ester groups is 1. The van der Waals surface area contributed by atoms with Crippen molar-refractivity contribution in [2.75, 3.05) is 33.0 Å². The molecule has 0 aromatic heterocycles. The molecule has 1 fully saturated rings. The van der Waals surface area contributed by atoms with Crippen LogP contribution in [0.1, 0.15) is 205 Å². The SMILES string of the molecule is CC(=O)N[C@H]1[C@H](OP(=O)(O)OCC(COCCC(C)CCCC(C)CCCC(C)CCCC(C)C)OCCC(C)CCCC(C)CCCC(C)CCCC(C)C)O[C@H](CO)[C@@H](O)[C@@H]1O. The summed E-state index contributed by atoms with van der Waals surface area (Å²) >= 11 is 0. The van der Waals surface area contributed by atoms with Gasteiger partial charge in [0, 0.05) is 20.1 Å². The summed E-state index contributed by atoms with van der Waals surface area (Å²) in [5, 5.41) is 33.0. The van der Waals surface area contributed by atoms with E-state index in [-0.39, 0.29) is 13.2 Å². The van der Waals surface area contributed by atoms with Gasteiger partial charge in [-0.1, -0.05) is 185 Å². The van der Waals surface area contributed by atoms with Gasteiger partial charge >= 0.3 is 7.82 Å². The van der Waals surface area contributed by atoms with E-state index >= 15 is 0 Å². The zero-order valence-electron chi connectivity index (χ0n) is 42.9. The first kappa shape index (κ1) is 61.4. The topological polar surface area (TPSA) is 173 Å². The minimum atomic E-state index is -4.86. The minimum Gasteiger partial charge on any atom is -0.394 e. The molecule has 382 valence electrons. The quantitative estimate of drug-likeness (QED) is 0.0292. The third-order valence-electron chi connectivity index (χ3n) is 13.5. The van der Waals surface area contributed by atoms with E-state index < -0.39 is 57.1 Å². The average Bonchev–Trinajstić information content (AvgIpc) is 3.20. The molecule has 0 saturated carbocycles. The molecule has 0 aromatic rings. The number of amides is 1. The lowest BCUT2D eigenvalue weighted by atomic mass is 9.91. The Bertz CT molecular complexity index is 1200. The fourth-order valence-electron chi connectivity index (χ4n) is 8.85. The summed E-state index contributed by atoms with van der Waals surface area (Å²) in [5.41, 5.74) is 0. The van der Waals surface area contributed by atoms with Crippen molar-refractivity contribution in [2.45, 2.75) is 241 Å². The number of aliphatic hydroxyl groups is 3. The molecule has 5 N–H and O–H groups in total. The van der Waals surface area contributed by atoms with Crippen LogP contribution in [0.5, 0.6) is 0 Å². The molecule has 1 saturated heterocycles. The number of rotatable bonds is 40. The van der Waals surface area contributed by atoms with Gasteiger partial charge in [-0.05, 0) is 60.2 Å². The van der Waals surface area contributed by atoms with Gasteiger partial charge in [-0.2, -0.15) is 0 Å². The van der Waals surface area contributed by atoms with E-state index in [4.69, 9.17) is 23.3 Å². The number of aliphatic hydroxyl groups excluding tert-OH is 3. The van der Waals surface area contributed by atoms with Crippen LogP contribution in [-0.4, -0.2) is 95.9 Å². The highest BCUT2D eigenvalue weighted by atomic mass is 31.2. The Kier molecular flexibility index (Phi) is 34.0. The number of carbonyl (C=O) groups excluding carboxylic acids is 1. The van der Waals surface area contributed by atoms with Crippen LogP contribution < -0.4 is 5.32 Å². The van der Waals surface area contributed by atoms with Crippen molar-refractivity contribution in [3.63, 3.8) is 0 Å². The second kappa shape index (κ2) is 35.5. The summed E-state index contributed by atoms with van der Waals surface area (Å²) in [6.45, 7) is 24.6. The summed E-state index contributed by atoms with van der Waals surface area (Å²) in [4.78, 5) is 22.6. The van der Waals surface area contributed by atoms with Gasteiger partial charge in [0.1, 0.15) is 30.5 Å². The Balaban J connectivity index is 2.65. The number of nitrogens with one attached hydrogen (secondary N) is 1. The van der Waals surface area contributed by atoms with E-state index in [1.807, 2.05) is 0 Å². The third kappa shape index (κ3) is 30.7. The first-order valence-electron chi connectivity index (χ1n) is 26.0.